The number of aromatic nitrogens is 2. The van der Waals surface area contributed by atoms with Gasteiger partial charge in [-0.3, -0.25) is 4.79 Å². The fourth-order valence-electron chi connectivity index (χ4n) is 4.12. The number of halogens is 1. The zero-order chi connectivity index (χ0) is 24.1. The lowest BCUT2D eigenvalue weighted by molar-refractivity contribution is -0.142. The van der Waals surface area contributed by atoms with Gasteiger partial charge in [0.05, 0.1) is 31.3 Å². The summed E-state index contributed by atoms with van der Waals surface area (Å²) >= 11 is 3.52. The maximum absolute atomic E-state index is 13.4. The van der Waals surface area contributed by atoms with Crippen molar-refractivity contribution in [1.29, 1.82) is 0 Å². The number of rotatable bonds is 7. The van der Waals surface area contributed by atoms with Gasteiger partial charge in [-0.1, -0.05) is 31.4 Å². The van der Waals surface area contributed by atoms with Crippen molar-refractivity contribution in [3.8, 4) is 11.5 Å². The van der Waals surface area contributed by atoms with E-state index in [-0.39, 0.29) is 18.1 Å². The first-order chi connectivity index (χ1) is 16.5. The highest BCUT2D eigenvalue weighted by Crippen LogP contribution is 2.34. The predicted molar refractivity (Wildman–Crippen MR) is 133 cm³/mol. The molecule has 0 amide bonds. The molecule has 34 heavy (non-hydrogen) atoms. The number of esters is 1. The molecule has 0 bridgehead atoms. The SMILES string of the molecule is COC(=O)COc1cc(Br)c(C=Nn2c(C3CCCCC3)nc3ccccc3c2=O)cc1OC. The van der Waals surface area contributed by atoms with E-state index in [1.807, 2.05) is 18.2 Å². The zero-order valence-electron chi connectivity index (χ0n) is 19.1. The number of carbonyl (C=O) groups excluding carboxylic acids is 1. The van der Waals surface area contributed by atoms with Crippen LogP contribution in [0.1, 0.15) is 49.4 Å². The molecule has 1 aliphatic rings. The van der Waals surface area contributed by atoms with Crippen LogP contribution in [0.5, 0.6) is 11.5 Å². The van der Waals surface area contributed by atoms with Gasteiger partial charge in [0.2, 0.25) is 0 Å². The minimum Gasteiger partial charge on any atom is -0.493 e. The lowest BCUT2D eigenvalue weighted by atomic mass is 9.88. The molecule has 1 aliphatic carbocycles. The first-order valence-electron chi connectivity index (χ1n) is 11.1. The largest absolute Gasteiger partial charge is 0.493 e. The molecule has 0 saturated heterocycles. The Kier molecular flexibility index (Phi) is 7.62. The summed E-state index contributed by atoms with van der Waals surface area (Å²) in [5.41, 5.74) is 1.18. The summed E-state index contributed by atoms with van der Waals surface area (Å²) in [4.78, 5) is 29.6. The van der Waals surface area contributed by atoms with Crippen LogP contribution in [-0.4, -0.2) is 42.7 Å². The number of nitrogens with zero attached hydrogens (tertiary/aromatic N) is 3. The number of para-hydroxylation sites is 1. The average Bonchev–Trinajstić information content (AvgIpc) is 2.87. The summed E-state index contributed by atoms with van der Waals surface area (Å²) in [7, 11) is 2.80. The van der Waals surface area contributed by atoms with E-state index in [1.165, 1.54) is 25.3 Å². The third-order valence-electron chi connectivity index (χ3n) is 5.92. The molecule has 8 nitrogen and oxygen atoms in total. The predicted octanol–water partition coefficient (Wildman–Crippen LogP) is 4.65. The van der Waals surface area contributed by atoms with Gasteiger partial charge in [0.25, 0.3) is 5.56 Å². The molecule has 0 spiro atoms. The van der Waals surface area contributed by atoms with Gasteiger partial charge in [0, 0.05) is 16.0 Å². The van der Waals surface area contributed by atoms with Crippen LogP contribution in [0.4, 0.5) is 0 Å². The molecule has 1 aromatic heterocycles. The van der Waals surface area contributed by atoms with Crippen LogP contribution in [0.3, 0.4) is 0 Å². The number of benzene rings is 2. The molecular formula is C25H26BrN3O5. The van der Waals surface area contributed by atoms with Gasteiger partial charge in [-0.05, 0) is 53.0 Å². The number of fused-ring (bicyclic) bond motifs is 1. The van der Waals surface area contributed by atoms with Crippen molar-refractivity contribution in [1.82, 2.24) is 9.66 Å². The average molecular weight is 528 g/mol. The Morgan fingerprint density at radius 3 is 2.68 bits per heavy atom. The monoisotopic (exact) mass is 527 g/mol. The minimum atomic E-state index is -0.498. The van der Waals surface area contributed by atoms with Crippen LogP contribution in [0.2, 0.25) is 0 Å². The summed E-state index contributed by atoms with van der Waals surface area (Å²) in [5.74, 6) is 1.19. The third kappa shape index (κ3) is 5.14. The summed E-state index contributed by atoms with van der Waals surface area (Å²) < 4.78 is 17.6. The van der Waals surface area contributed by atoms with Crippen molar-refractivity contribution in [3.63, 3.8) is 0 Å². The Bertz CT molecular complexity index is 1280. The lowest BCUT2D eigenvalue weighted by Crippen LogP contribution is -2.25. The summed E-state index contributed by atoms with van der Waals surface area (Å²) in [6.45, 7) is -0.240. The topological polar surface area (TPSA) is 92.0 Å². The van der Waals surface area contributed by atoms with E-state index < -0.39 is 5.97 Å². The second-order valence-electron chi connectivity index (χ2n) is 8.07. The second-order valence-corrected chi connectivity index (χ2v) is 8.93. The fraction of sp³-hybridized carbons (Fsp3) is 0.360. The van der Waals surface area contributed by atoms with E-state index in [4.69, 9.17) is 14.5 Å². The number of carbonyl (C=O) groups is 1. The smallest absolute Gasteiger partial charge is 0.343 e. The van der Waals surface area contributed by atoms with Gasteiger partial charge < -0.3 is 14.2 Å². The van der Waals surface area contributed by atoms with Crippen molar-refractivity contribution >= 4 is 39.0 Å². The standard InChI is InChI=1S/C25H26BrN3O5/c1-32-21-12-17(19(26)13-22(21)34-15-23(30)33-2)14-27-29-24(16-8-4-3-5-9-16)28-20-11-7-6-10-18(20)25(29)31/h6-7,10-14,16H,3-5,8-9,15H2,1-2H3. The molecule has 9 heteroatoms. The van der Waals surface area contributed by atoms with Crippen molar-refractivity contribution in [2.24, 2.45) is 5.10 Å². The molecular weight excluding hydrogens is 502 g/mol. The number of hydrogen-bond acceptors (Lipinski definition) is 7. The van der Waals surface area contributed by atoms with Crippen LogP contribution >= 0.6 is 15.9 Å². The van der Waals surface area contributed by atoms with Gasteiger partial charge in [-0.2, -0.15) is 9.78 Å². The van der Waals surface area contributed by atoms with Gasteiger partial charge >= 0.3 is 5.97 Å². The molecule has 2 aromatic carbocycles. The second kappa shape index (κ2) is 10.8. The van der Waals surface area contributed by atoms with Crippen LogP contribution in [0.15, 0.2) is 50.8 Å². The first-order valence-corrected chi connectivity index (χ1v) is 11.9. The zero-order valence-corrected chi connectivity index (χ0v) is 20.7. The van der Waals surface area contributed by atoms with E-state index in [1.54, 1.807) is 24.4 Å². The Hall–Kier alpha value is -3.20. The van der Waals surface area contributed by atoms with Crippen molar-refractivity contribution in [2.45, 2.75) is 38.0 Å². The lowest BCUT2D eigenvalue weighted by Gasteiger charge is -2.22. The quantitative estimate of drug-likeness (QED) is 0.328. The summed E-state index contributed by atoms with van der Waals surface area (Å²) in [5, 5.41) is 5.10. The molecule has 1 fully saturated rings. The maximum atomic E-state index is 13.4. The third-order valence-corrected chi connectivity index (χ3v) is 6.60. The highest BCUT2D eigenvalue weighted by atomic mass is 79.9. The van der Waals surface area contributed by atoms with Crippen LogP contribution < -0.4 is 15.0 Å². The van der Waals surface area contributed by atoms with E-state index in [0.29, 0.717) is 38.3 Å². The Balaban J connectivity index is 1.73. The Morgan fingerprint density at radius 1 is 1.18 bits per heavy atom. The molecule has 0 aliphatic heterocycles. The number of hydrogen-bond donors (Lipinski definition) is 0. The fourth-order valence-corrected chi connectivity index (χ4v) is 4.54. The van der Waals surface area contributed by atoms with Gasteiger partial charge in [-0.25, -0.2) is 9.78 Å². The Morgan fingerprint density at radius 2 is 1.94 bits per heavy atom. The van der Waals surface area contributed by atoms with Gasteiger partial charge in [-0.15, -0.1) is 0 Å². The van der Waals surface area contributed by atoms with Crippen molar-refractivity contribution in [2.75, 3.05) is 20.8 Å². The molecule has 0 N–H and O–H groups in total. The first kappa shape index (κ1) is 23.9. The van der Waals surface area contributed by atoms with E-state index in [9.17, 15) is 9.59 Å². The maximum Gasteiger partial charge on any atom is 0.343 e. The number of ether oxygens (including phenoxy) is 3. The molecule has 0 atom stereocenters. The van der Waals surface area contributed by atoms with E-state index in [2.05, 4.69) is 25.8 Å². The highest BCUT2D eigenvalue weighted by molar-refractivity contribution is 9.10. The molecule has 4 rings (SSSR count). The van der Waals surface area contributed by atoms with Crippen LogP contribution in [-0.2, 0) is 9.53 Å². The molecule has 1 saturated carbocycles. The van der Waals surface area contributed by atoms with Gasteiger partial charge in [0.1, 0.15) is 5.82 Å². The van der Waals surface area contributed by atoms with E-state index in [0.717, 1.165) is 25.7 Å². The molecule has 0 radical (unpaired) electrons. The Labute approximate surface area is 205 Å². The highest BCUT2D eigenvalue weighted by Gasteiger charge is 2.22. The van der Waals surface area contributed by atoms with Crippen molar-refractivity contribution < 1.29 is 19.0 Å². The molecule has 1 heterocycles. The van der Waals surface area contributed by atoms with Crippen molar-refractivity contribution in [3.05, 3.63) is 62.6 Å². The summed E-state index contributed by atoms with van der Waals surface area (Å²) in [6.07, 6.45) is 7.02. The molecule has 3 aromatic rings. The normalized spacial score (nSPS) is 14.4. The summed E-state index contributed by atoms with van der Waals surface area (Å²) in [6, 6.07) is 10.8. The van der Waals surface area contributed by atoms with E-state index >= 15 is 0 Å². The van der Waals surface area contributed by atoms with Crippen LogP contribution in [0.25, 0.3) is 10.9 Å². The minimum absolute atomic E-state index is 0.190. The molecule has 178 valence electrons. The van der Waals surface area contributed by atoms with Crippen LogP contribution in [0, 0.1) is 0 Å². The number of methoxy groups -OCH3 is 2. The van der Waals surface area contributed by atoms with Gasteiger partial charge in [0.15, 0.2) is 18.1 Å². The molecule has 0 unspecified atom stereocenters.